The molecule has 1 unspecified atom stereocenters. The Kier molecular flexibility index (Phi) is 4.79. The molecular weight excluding hydrogens is 282 g/mol. The minimum absolute atomic E-state index is 0.0512. The molecule has 1 atom stereocenters. The molecule has 0 radical (unpaired) electrons. The van der Waals surface area contributed by atoms with Crippen molar-refractivity contribution in [3.63, 3.8) is 0 Å². The molecule has 1 saturated heterocycles. The summed E-state index contributed by atoms with van der Waals surface area (Å²) in [6, 6.07) is 0. The predicted octanol–water partition coefficient (Wildman–Crippen LogP) is 0.113. The zero-order valence-corrected chi connectivity index (χ0v) is 12.4. The average molecular weight is 303 g/mol. The van der Waals surface area contributed by atoms with Crippen LogP contribution in [-0.4, -0.2) is 48.7 Å². The van der Waals surface area contributed by atoms with Crippen LogP contribution in [0.25, 0.3) is 0 Å². The topological polar surface area (TPSA) is 93.5 Å². The van der Waals surface area contributed by atoms with E-state index in [9.17, 15) is 8.42 Å². The lowest BCUT2D eigenvalue weighted by Crippen LogP contribution is -2.51. The van der Waals surface area contributed by atoms with Crippen LogP contribution in [0.2, 0.25) is 0 Å². The zero-order chi connectivity index (χ0) is 14.6. The van der Waals surface area contributed by atoms with Crippen LogP contribution in [0.15, 0.2) is 17.3 Å². The van der Waals surface area contributed by atoms with Gasteiger partial charge in [-0.15, -0.1) is 0 Å². The molecule has 114 valence electrons. The fourth-order valence-corrected chi connectivity index (χ4v) is 3.61. The molecule has 20 heavy (non-hydrogen) atoms. The van der Waals surface area contributed by atoms with Gasteiger partial charge in [0.05, 0.1) is 18.3 Å². The van der Waals surface area contributed by atoms with Crippen molar-refractivity contribution in [2.24, 2.45) is 0 Å². The third-order valence-corrected chi connectivity index (χ3v) is 4.88. The van der Waals surface area contributed by atoms with Gasteiger partial charge in [-0.05, 0) is 26.2 Å². The highest BCUT2D eigenvalue weighted by Crippen LogP contribution is 2.21. The van der Waals surface area contributed by atoms with Gasteiger partial charge < -0.3 is 9.84 Å². The average Bonchev–Trinajstić information content (AvgIpc) is 2.85. The lowest BCUT2D eigenvalue weighted by molar-refractivity contribution is 0.0386. The third-order valence-electron chi connectivity index (χ3n) is 3.28. The Morgan fingerprint density at radius 3 is 3.05 bits per heavy atom. The lowest BCUT2D eigenvalue weighted by atomic mass is 9.97. The smallest absolute Gasteiger partial charge is 0.244 e. The van der Waals surface area contributed by atoms with E-state index in [0.29, 0.717) is 26.2 Å². The van der Waals surface area contributed by atoms with Crippen molar-refractivity contribution in [2.75, 3.05) is 19.8 Å². The molecule has 7 nitrogen and oxygen atoms in total. The van der Waals surface area contributed by atoms with Crippen molar-refractivity contribution < 1.29 is 18.3 Å². The van der Waals surface area contributed by atoms with Crippen molar-refractivity contribution >= 4 is 10.0 Å². The Balaban J connectivity index is 2.07. The number of hydrogen-bond acceptors (Lipinski definition) is 5. The summed E-state index contributed by atoms with van der Waals surface area (Å²) in [5, 5.41) is 12.7. The van der Waals surface area contributed by atoms with Gasteiger partial charge in [-0.25, -0.2) is 13.1 Å². The van der Waals surface area contributed by atoms with Crippen LogP contribution in [0.1, 0.15) is 26.2 Å². The fraction of sp³-hybridized carbons (Fsp3) is 0.750. The number of aryl methyl sites for hydroxylation is 1. The van der Waals surface area contributed by atoms with Crippen molar-refractivity contribution in [3.8, 4) is 0 Å². The van der Waals surface area contributed by atoms with Crippen LogP contribution >= 0.6 is 0 Å². The van der Waals surface area contributed by atoms with Crippen LogP contribution in [0.5, 0.6) is 0 Å². The standard InChI is InChI=1S/C12H21N3O4S/c1-12(4-2-7-19-10-12)14-20(17,18)11-8-13-15(9-11)5-3-6-16/h8-9,14,16H,2-7,10H2,1H3. The summed E-state index contributed by atoms with van der Waals surface area (Å²) in [6.07, 6.45) is 4.94. The SMILES string of the molecule is CC1(NS(=O)(=O)c2cnn(CCCO)c2)CCCOC1. The molecule has 1 aliphatic rings. The van der Waals surface area contributed by atoms with E-state index < -0.39 is 15.6 Å². The summed E-state index contributed by atoms with van der Waals surface area (Å²) in [6.45, 7) is 3.45. The Morgan fingerprint density at radius 2 is 2.40 bits per heavy atom. The number of aliphatic hydroxyl groups excluding tert-OH is 1. The maximum absolute atomic E-state index is 12.3. The molecule has 1 aromatic heterocycles. The second-order valence-electron chi connectivity index (χ2n) is 5.34. The van der Waals surface area contributed by atoms with E-state index in [1.54, 1.807) is 0 Å². The number of rotatable bonds is 6. The van der Waals surface area contributed by atoms with Crippen LogP contribution in [0.4, 0.5) is 0 Å². The summed E-state index contributed by atoms with van der Waals surface area (Å²) in [5.41, 5.74) is -0.565. The predicted molar refractivity (Wildman–Crippen MR) is 72.7 cm³/mol. The lowest BCUT2D eigenvalue weighted by Gasteiger charge is -2.33. The summed E-state index contributed by atoms with van der Waals surface area (Å²) in [7, 11) is -3.60. The Bertz CT molecular complexity index is 535. The zero-order valence-electron chi connectivity index (χ0n) is 11.6. The largest absolute Gasteiger partial charge is 0.396 e. The van der Waals surface area contributed by atoms with E-state index >= 15 is 0 Å². The molecule has 2 heterocycles. The highest BCUT2D eigenvalue weighted by atomic mass is 32.2. The second-order valence-corrected chi connectivity index (χ2v) is 7.02. The molecule has 1 aliphatic heterocycles. The Hall–Kier alpha value is -0.960. The number of aromatic nitrogens is 2. The van der Waals surface area contributed by atoms with Crippen LogP contribution < -0.4 is 4.72 Å². The molecule has 1 aromatic rings. The normalized spacial score (nSPS) is 23.9. The summed E-state index contributed by atoms with van der Waals surface area (Å²) in [4.78, 5) is 0.141. The number of nitrogens with zero attached hydrogens (tertiary/aromatic N) is 2. The van der Waals surface area contributed by atoms with Gasteiger partial charge in [0.1, 0.15) is 4.90 Å². The first-order chi connectivity index (χ1) is 9.45. The summed E-state index contributed by atoms with van der Waals surface area (Å²) in [5.74, 6) is 0. The molecule has 0 aliphatic carbocycles. The first kappa shape index (κ1) is 15.4. The molecule has 0 spiro atoms. The third kappa shape index (κ3) is 3.78. The van der Waals surface area contributed by atoms with Gasteiger partial charge in [-0.3, -0.25) is 4.68 Å². The summed E-state index contributed by atoms with van der Waals surface area (Å²) < 4.78 is 34.2. The molecule has 0 amide bonds. The molecule has 0 aromatic carbocycles. The first-order valence-electron chi connectivity index (χ1n) is 6.70. The van der Waals surface area contributed by atoms with E-state index in [1.165, 1.54) is 17.1 Å². The van der Waals surface area contributed by atoms with E-state index in [0.717, 1.165) is 12.8 Å². The van der Waals surface area contributed by atoms with Gasteiger partial charge in [-0.1, -0.05) is 0 Å². The molecule has 0 saturated carbocycles. The van der Waals surface area contributed by atoms with Crippen LogP contribution in [0, 0.1) is 0 Å². The monoisotopic (exact) mass is 303 g/mol. The van der Waals surface area contributed by atoms with Crippen molar-refractivity contribution in [2.45, 2.75) is 43.2 Å². The van der Waals surface area contributed by atoms with E-state index in [2.05, 4.69) is 9.82 Å². The number of sulfonamides is 1. The maximum Gasteiger partial charge on any atom is 0.244 e. The maximum atomic E-state index is 12.3. The Morgan fingerprint density at radius 1 is 1.60 bits per heavy atom. The molecule has 1 fully saturated rings. The van der Waals surface area contributed by atoms with Gasteiger partial charge in [0, 0.05) is 26.0 Å². The second kappa shape index (κ2) is 6.21. The number of hydrogen-bond donors (Lipinski definition) is 2. The van der Waals surface area contributed by atoms with Crippen molar-refractivity contribution in [1.82, 2.24) is 14.5 Å². The van der Waals surface area contributed by atoms with Gasteiger partial charge in [0.25, 0.3) is 0 Å². The molecule has 8 heteroatoms. The van der Waals surface area contributed by atoms with Gasteiger partial charge in [0.2, 0.25) is 10.0 Å². The first-order valence-corrected chi connectivity index (χ1v) is 8.19. The number of ether oxygens (including phenoxy) is 1. The van der Waals surface area contributed by atoms with E-state index in [4.69, 9.17) is 9.84 Å². The van der Waals surface area contributed by atoms with E-state index in [1.807, 2.05) is 6.92 Å². The van der Waals surface area contributed by atoms with Gasteiger partial charge in [0.15, 0.2) is 0 Å². The molecular formula is C12H21N3O4S. The molecule has 0 bridgehead atoms. The molecule has 2 rings (SSSR count). The highest BCUT2D eigenvalue weighted by molar-refractivity contribution is 7.89. The van der Waals surface area contributed by atoms with Gasteiger partial charge in [-0.2, -0.15) is 5.10 Å². The quantitative estimate of drug-likeness (QED) is 0.778. The van der Waals surface area contributed by atoms with E-state index in [-0.39, 0.29) is 11.5 Å². The Labute approximate surface area is 119 Å². The molecule has 2 N–H and O–H groups in total. The minimum atomic E-state index is -3.60. The number of nitrogens with one attached hydrogen (secondary N) is 1. The number of aliphatic hydroxyl groups is 1. The fourth-order valence-electron chi connectivity index (χ4n) is 2.24. The highest BCUT2D eigenvalue weighted by Gasteiger charge is 2.33. The van der Waals surface area contributed by atoms with Crippen LogP contribution in [-0.2, 0) is 21.3 Å². The van der Waals surface area contributed by atoms with Crippen molar-refractivity contribution in [1.29, 1.82) is 0 Å². The minimum Gasteiger partial charge on any atom is -0.396 e. The van der Waals surface area contributed by atoms with Gasteiger partial charge >= 0.3 is 0 Å². The summed E-state index contributed by atoms with van der Waals surface area (Å²) >= 11 is 0. The van der Waals surface area contributed by atoms with Crippen LogP contribution in [0.3, 0.4) is 0 Å². The van der Waals surface area contributed by atoms with Crippen molar-refractivity contribution in [3.05, 3.63) is 12.4 Å².